The number of thioether (sulfide) groups is 1. The summed E-state index contributed by atoms with van der Waals surface area (Å²) in [7, 11) is 0. The van der Waals surface area contributed by atoms with Crippen molar-refractivity contribution in [2.24, 2.45) is 10.8 Å². The quantitative estimate of drug-likeness (QED) is 0.859. The highest BCUT2D eigenvalue weighted by molar-refractivity contribution is 7.99. The summed E-state index contributed by atoms with van der Waals surface area (Å²) in [6.07, 6.45) is 0.183. The second kappa shape index (κ2) is 7.25. The van der Waals surface area contributed by atoms with Gasteiger partial charge in [0, 0.05) is 28.6 Å². The van der Waals surface area contributed by atoms with Gasteiger partial charge in [-0.15, -0.1) is 11.8 Å². The SMILES string of the molecule is NC(=O)C1CC(C(=O)N2CCSc3ccc(Cl)cc32)=NN1c1ccccc1. The summed E-state index contributed by atoms with van der Waals surface area (Å²) >= 11 is 7.81. The van der Waals surface area contributed by atoms with Crippen molar-refractivity contribution in [3.63, 3.8) is 0 Å². The third-order valence-electron chi connectivity index (χ3n) is 4.54. The molecule has 0 radical (unpaired) electrons. The summed E-state index contributed by atoms with van der Waals surface area (Å²) in [5.41, 5.74) is 7.38. The first-order chi connectivity index (χ1) is 13.0. The fraction of sp³-hybridized carbons (Fsp3) is 0.211. The highest BCUT2D eigenvalue weighted by Gasteiger charge is 2.37. The maximum absolute atomic E-state index is 13.2. The summed E-state index contributed by atoms with van der Waals surface area (Å²) in [6.45, 7) is 0.558. The number of hydrogen-bond acceptors (Lipinski definition) is 5. The van der Waals surface area contributed by atoms with E-state index >= 15 is 0 Å². The Morgan fingerprint density at radius 2 is 1.96 bits per heavy atom. The molecule has 2 aliphatic heterocycles. The summed E-state index contributed by atoms with van der Waals surface area (Å²) in [5, 5.41) is 6.56. The molecule has 1 atom stereocenters. The van der Waals surface area contributed by atoms with Gasteiger partial charge in [-0.2, -0.15) is 5.10 Å². The van der Waals surface area contributed by atoms with E-state index in [9.17, 15) is 9.59 Å². The average molecular weight is 401 g/mol. The number of hydrogen-bond donors (Lipinski definition) is 1. The maximum Gasteiger partial charge on any atom is 0.274 e. The summed E-state index contributed by atoms with van der Waals surface area (Å²) < 4.78 is 0. The molecule has 2 amide bonds. The topological polar surface area (TPSA) is 79.0 Å². The molecule has 4 rings (SSSR count). The van der Waals surface area contributed by atoms with Gasteiger partial charge in [-0.1, -0.05) is 29.8 Å². The number of carbonyl (C=O) groups excluding carboxylic acids is 2. The largest absolute Gasteiger partial charge is 0.368 e. The smallest absolute Gasteiger partial charge is 0.274 e. The standard InChI is InChI=1S/C19H17ClN4O2S/c20-12-6-7-17-15(10-12)23(8-9-27-17)19(26)14-11-16(18(21)25)24(22-14)13-4-2-1-3-5-13/h1-7,10,16H,8-9,11H2,(H2,21,25). The number of benzene rings is 2. The molecule has 0 saturated carbocycles. The van der Waals surface area contributed by atoms with Crippen LogP contribution in [0.1, 0.15) is 6.42 Å². The van der Waals surface area contributed by atoms with Crippen LogP contribution in [-0.2, 0) is 9.59 Å². The number of fused-ring (bicyclic) bond motifs is 1. The number of hydrazone groups is 1. The summed E-state index contributed by atoms with van der Waals surface area (Å²) in [5.74, 6) is 0.0570. The molecule has 0 saturated heterocycles. The van der Waals surface area contributed by atoms with Crippen molar-refractivity contribution >= 4 is 52.3 Å². The van der Waals surface area contributed by atoms with Gasteiger partial charge in [0.1, 0.15) is 11.8 Å². The Labute approximate surface area is 166 Å². The van der Waals surface area contributed by atoms with Crippen molar-refractivity contribution < 1.29 is 9.59 Å². The molecule has 2 aliphatic rings. The predicted molar refractivity (Wildman–Crippen MR) is 108 cm³/mol. The van der Waals surface area contributed by atoms with Gasteiger partial charge in [-0.25, -0.2) is 0 Å². The summed E-state index contributed by atoms with van der Waals surface area (Å²) in [6, 6.07) is 14.1. The molecule has 0 spiro atoms. The molecule has 2 aromatic rings. The van der Waals surface area contributed by atoms with Crippen molar-refractivity contribution in [2.45, 2.75) is 17.4 Å². The van der Waals surface area contributed by atoms with E-state index in [2.05, 4.69) is 5.10 Å². The fourth-order valence-electron chi connectivity index (χ4n) is 3.24. The van der Waals surface area contributed by atoms with E-state index in [1.165, 1.54) is 5.01 Å². The molecule has 0 aliphatic carbocycles. The normalized spacial score (nSPS) is 18.9. The number of nitrogens with zero attached hydrogens (tertiary/aromatic N) is 3. The number of carbonyl (C=O) groups is 2. The van der Waals surface area contributed by atoms with E-state index in [-0.39, 0.29) is 12.3 Å². The Morgan fingerprint density at radius 3 is 2.70 bits per heavy atom. The second-order valence-corrected chi connectivity index (χ2v) is 7.84. The van der Waals surface area contributed by atoms with Crippen LogP contribution in [0.2, 0.25) is 5.02 Å². The first-order valence-electron chi connectivity index (χ1n) is 8.50. The van der Waals surface area contributed by atoms with Gasteiger partial charge < -0.3 is 10.6 Å². The van der Waals surface area contributed by atoms with Crippen molar-refractivity contribution in [3.8, 4) is 0 Å². The first kappa shape index (κ1) is 17.9. The molecule has 8 heteroatoms. The Balaban J connectivity index is 1.67. The lowest BCUT2D eigenvalue weighted by atomic mass is 10.1. The third-order valence-corrected chi connectivity index (χ3v) is 5.81. The van der Waals surface area contributed by atoms with Crippen LogP contribution in [0.4, 0.5) is 11.4 Å². The zero-order valence-electron chi connectivity index (χ0n) is 14.3. The molecular weight excluding hydrogens is 384 g/mol. The summed E-state index contributed by atoms with van der Waals surface area (Å²) in [4.78, 5) is 27.8. The van der Waals surface area contributed by atoms with Crippen LogP contribution >= 0.6 is 23.4 Å². The number of amides is 2. The number of para-hydroxylation sites is 1. The highest BCUT2D eigenvalue weighted by atomic mass is 35.5. The highest BCUT2D eigenvalue weighted by Crippen LogP contribution is 2.37. The van der Waals surface area contributed by atoms with E-state index in [0.717, 1.165) is 22.0 Å². The van der Waals surface area contributed by atoms with Crippen LogP contribution in [0.15, 0.2) is 58.5 Å². The van der Waals surface area contributed by atoms with Crippen LogP contribution < -0.4 is 15.6 Å². The number of halogens is 1. The van der Waals surface area contributed by atoms with Crippen molar-refractivity contribution in [3.05, 3.63) is 53.6 Å². The monoisotopic (exact) mass is 400 g/mol. The van der Waals surface area contributed by atoms with Crippen LogP contribution in [0.5, 0.6) is 0 Å². The molecule has 0 aromatic heterocycles. The Morgan fingerprint density at radius 1 is 1.19 bits per heavy atom. The average Bonchev–Trinajstić information content (AvgIpc) is 3.13. The van der Waals surface area contributed by atoms with Crippen LogP contribution in [0, 0.1) is 0 Å². The molecule has 2 N–H and O–H groups in total. The first-order valence-corrected chi connectivity index (χ1v) is 9.86. The van der Waals surface area contributed by atoms with Crippen LogP contribution in [-0.4, -0.2) is 35.9 Å². The molecule has 1 unspecified atom stereocenters. The van der Waals surface area contributed by atoms with Gasteiger partial charge in [0.2, 0.25) is 5.91 Å². The van der Waals surface area contributed by atoms with Crippen molar-refractivity contribution in [1.82, 2.24) is 0 Å². The lowest BCUT2D eigenvalue weighted by Crippen LogP contribution is -2.41. The maximum atomic E-state index is 13.2. The number of anilines is 2. The fourth-order valence-corrected chi connectivity index (χ4v) is 4.38. The zero-order valence-corrected chi connectivity index (χ0v) is 15.9. The minimum absolute atomic E-state index is 0.183. The second-order valence-electron chi connectivity index (χ2n) is 6.27. The van der Waals surface area contributed by atoms with Crippen molar-refractivity contribution in [2.75, 3.05) is 22.2 Å². The third kappa shape index (κ3) is 3.40. The Bertz CT molecular complexity index is 935. The lowest BCUT2D eigenvalue weighted by molar-refractivity contribution is -0.119. The van der Waals surface area contributed by atoms with Crippen LogP contribution in [0.25, 0.3) is 0 Å². The van der Waals surface area contributed by atoms with Gasteiger partial charge in [0.15, 0.2) is 0 Å². The zero-order chi connectivity index (χ0) is 19.0. The van der Waals surface area contributed by atoms with E-state index in [0.29, 0.717) is 17.3 Å². The van der Waals surface area contributed by atoms with Gasteiger partial charge in [-0.3, -0.25) is 14.6 Å². The van der Waals surface area contributed by atoms with Gasteiger partial charge in [0.25, 0.3) is 5.91 Å². The Kier molecular flexibility index (Phi) is 4.80. The minimum Gasteiger partial charge on any atom is -0.368 e. The molecule has 6 nitrogen and oxygen atoms in total. The predicted octanol–water partition coefficient (Wildman–Crippen LogP) is 2.90. The molecule has 0 fully saturated rings. The van der Waals surface area contributed by atoms with E-state index in [1.54, 1.807) is 22.7 Å². The molecule has 0 bridgehead atoms. The lowest BCUT2D eigenvalue weighted by Gasteiger charge is -2.29. The molecule has 138 valence electrons. The number of primary amides is 1. The molecule has 2 aromatic carbocycles. The Hall–Kier alpha value is -2.51. The molecule has 2 heterocycles. The molecular formula is C19H17ClN4O2S. The van der Waals surface area contributed by atoms with Gasteiger partial charge in [0.05, 0.1) is 11.4 Å². The number of rotatable bonds is 3. The minimum atomic E-state index is -0.677. The van der Waals surface area contributed by atoms with E-state index < -0.39 is 11.9 Å². The van der Waals surface area contributed by atoms with Crippen molar-refractivity contribution in [1.29, 1.82) is 0 Å². The molecule has 27 heavy (non-hydrogen) atoms. The van der Waals surface area contributed by atoms with Gasteiger partial charge >= 0.3 is 0 Å². The number of nitrogens with two attached hydrogens (primary N) is 1. The van der Waals surface area contributed by atoms with E-state index in [4.69, 9.17) is 17.3 Å². The van der Waals surface area contributed by atoms with Gasteiger partial charge in [-0.05, 0) is 30.3 Å². The van der Waals surface area contributed by atoms with Crippen LogP contribution in [0.3, 0.4) is 0 Å². The van der Waals surface area contributed by atoms with E-state index in [1.807, 2.05) is 42.5 Å².